The van der Waals surface area contributed by atoms with Gasteiger partial charge < -0.3 is 4.90 Å². The summed E-state index contributed by atoms with van der Waals surface area (Å²) in [4.78, 5) is 36.6. The molecule has 1 aromatic heterocycles. The summed E-state index contributed by atoms with van der Waals surface area (Å²) in [5.41, 5.74) is 0.273. The SMILES string of the molecule is CN(C(=O)c1nn(C)c(=O)c2ccccc12)c1ccc([N+](=O)[O-])cc1. The van der Waals surface area contributed by atoms with Gasteiger partial charge in [-0.3, -0.25) is 19.7 Å². The maximum absolute atomic E-state index is 12.9. The first kappa shape index (κ1) is 16.3. The number of rotatable bonds is 3. The van der Waals surface area contributed by atoms with Gasteiger partial charge in [0.05, 0.1) is 10.3 Å². The van der Waals surface area contributed by atoms with Gasteiger partial charge in [0.25, 0.3) is 17.2 Å². The zero-order valence-electron chi connectivity index (χ0n) is 13.5. The molecule has 0 fully saturated rings. The summed E-state index contributed by atoms with van der Waals surface area (Å²) in [5.74, 6) is -0.416. The van der Waals surface area contributed by atoms with Crippen LogP contribution in [0.5, 0.6) is 0 Å². The van der Waals surface area contributed by atoms with Gasteiger partial charge in [0.2, 0.25) is 0 Å². The highest BCUT2D eigenvalue weighted by Gasteiger charge is 2.20. The molecule has 0 radical (unpaired) electrons. The van der Waals surface area contributed by atoms with Crippen LogP contribution in [0.4, 0.5) is 11.4 Å². The van der Waals surface area contributed by atoms with Crippen LogP contribution in [0.25, 0.3) is 10.8 Å². The third-order valence-electron chi connectivity index (χ3n) is 3.91. The second-order valence-electron chi connectivity index (χ2n) is 5.46. The molecule has 0 aliphatic heterocycles. The largest absolute Gasteiger partial charge is 0.310 e. The highest BCUT2D eigenvalue weighted by Crippen LogP contribution is 2.21. The summed E-state index contributed by atoms with van der Waals surface area (Å²) in [6, 6.07) is 12.4. The maximum Gasteiger partial charge on any atom is 0.279 e. The second-order valence-corrected chi connectivity index (χ2v) is 5.46. The first-order valence-electron chi connectivity index (χ1n) is 7.38. The van der Waals surface area contributed by atoms with Crippen molar-refractivity contribution in [1.82, 2.24) is 9.78 Å². The number of nitro groups is 1. The molecule has 126 valence electrons. The predicted molar refractivity (Wildman–Crippen MR) is 92.8 cm³/mol. The number of hydrogen-bond donors (Lipinski definition) is 0. The van der Waals surface area contributed by atoms with Crippen LogP contribution in [0, 0.1) is 10.1 Å². The Bertz CT molecular complexity index is 1040. The first-order valence-corrected chi connectivity index (χ1v) is 7.38. The normalized spacial score (nSPS) is 10.6. The molecule has 0 aliphatic carbocycles. The summed E-state index contributed by atoms with van der Waals surface area (Å²) in [6.07, 6.45) is 0. The fourth-order valence-electron chi connectivity index (χ4n) is 2.53. The van der Waals surface area contributed by atoms with Gasteiger partial charge in [-0.15, -0.1) is 0 Å². The molecule has 0 atom stereocenters. The standard InChI is InChI=1S/C17H14N4O4/c1-19(11-7-9-12(10-8-11)21(24)25)17(23)15-13-5-3-4-6-14(13)16(22)20(2)18-15/h3-10H,1-2H3. The van der Waals surface area contributed by atoms with Crippen LogP contribution < -0.4 is 10.5 Å². The highest BCUT2D eigenvalue weighted by molar-refractivity contribution is 6.12. The number of carbonyl (C=O) groups is 1. The zero-order valence-corrected chi connectivity index (χ0v) is 13.5. The minimum atomic E-state index is -0.506. The number of fused-ring (bicyclic) bond motifs is 1. The van der Waals surface area contributed by atoms with E-state index in [1.165, 1.54) is 36.2 Å². The molecule has 0 aliphatic rings. The van der Waals surface area contributed by atoms with Crippen molar-refractivity contribution in [3.05, 3.63) is 74.7 Å². The number of nitro benzene ring substituents is 1. The van der Waals surface area contributed by atoms with Gasteiger partial charge in [-0.2, -0.15) is 5.10 Å². The second kappa shape index (κ2) is 6.16. The van der Waals surface area contributed by atoms with E-state index in [-0.39, 0.29) is 16.9 Å². The van der Waals surface area contributed by atoms with E-state index < -0.39 is 10.8 Å². The average Bonchev–Trinajstić information content (AvgIpc) is 2.63. The lowest BCUT2D eigenvalue weighted by atomic mass is 10.1. The molecule has 0 unspecified atom stereocenters. The Kier molecular flexibility index (Phi) is 4.02. The molecule has 1 heterocycles. The van der Waals surface area contributed by atoms with Crippen LogP contribution in [-0.2, 0) is 7.05 Å². The quantitative estimate of drug-likeness (QED) is 0.538. The molecule has 8 nitrogen and oxygen atoms in total. The van der Waals surface area contributed by atoms with E-state index in [0.717, 1.165) is 4.68 Å². The van der Waals surface area contributed by atoms with E-state index in [0.29, 0.717) is 16.5 Å². The lowest BCUT2D eigenvalue weighted by Crippen LogP contribution is -2.31. The number of anilines is 1. The van der Waals surface area contributed by atoms with Crippen LogP contribution in [0.3, 0.4) is 0 Å². The fourth-order valence-corrected chi connectivity index (χ4v) is 2.53. The highest BCUT2D eigenvalue weighted by atomic mass is 16.6. The Morgan fingerprint density at radius 1 is 1.12 bits per heavy atom. The third kappa shape index (κ3) is 2.85. The molecule has 25 heavy (non-hydrogen) atoms. The molecule has 3 rings (SSSR count). The number of aromatic nitrogens is 2. The summed E-state index contributed by atoms with van der Waals surface area (Å²) in [7, 11) is 3.03. The summed E-state index contributed by atoms with van der Waals surface area (Å²) in [5, 5.41) is 15.7. The molecule has 1 amide bonds. The van der Waals surface area contributed by atoms with E-state index in [9.17, 15) is 19.7 Å². The number of nitrogens with zero attached hydrogens (tertiary/aromatic N) is 4. The van der Waals surface area contributed by atoms with Crippen LogP contribution in [0.1, 0.15) is 10.5 Å². The monoisotopic (exact) mass is 338 g/mol. The van der Waals surface area contributed by atoms with Gasteiger partial charge in [0.15, 0.2) is 5.69 Å². The van der Waals surface area contributed by atoms with E-state index in [4.69, 9.17) is 0 Å². The fraction of sp³-hybridized carbons (Fsp3) is 0.118. The molecule has 0 saturated heterocycles. The Balaban J connectivity index is 2.06. The van der Waals surface area contributed by atoms with Gasteiger partial charge >= 0.3 is 0 Å². The van der Waals surface area contributed by atoms with Crippen molar-refractivity contribution >= 4 is 28.1 Å². The molecular formula is C17H14N4O4. The van der Waals surface area contributed by atoms with Crippen LogP contribution >= 0.6 is 0 Å². The Hall–Kier alpha value is -3.55. The summed E-state index contributed by atoms with van der Waals surface area (Å²) in [6.45, 7) is 0. The minimum Gasteiger partial charge on any atom is -0.310 e. The predicted octanol–water partition coefficient (Wildman–Crippen LogP) is 2.12. The van der Waals surface area contributed by atoms with Crippen molar-refractivity contribution in [2.24, 2.45) is 7.05 Å². The van der Waals surface area contributed by atoms with Crippen molar-refractivity contribution < 1.29 is 9.72 Å². The molecule has 0 spiro atoms. The van der Waals surface area contributed by atoms with E-state index >= 15 is 0 Å². The number of carbonyl (C=O) groups excluding carboxylic acids is 1. The van der Waals surface area contributed by atoms with E-state index in [1.807, 2.05) is 0 Å². The first-order chi connectivity index (χ1) is 11.9. The van der Waals surface area contributed by atoms with Gasteiger partial charge in [0, 0.05) is 37.3 Å². The number of hydrogen-bond acceptors (Lipinski definition) is 5. The maximum atomic E-state index is 12.9. The van der Waals surface area contributed by atoms with Gasteiger partial charge in [0.1, 0.15) is 0 Å². The number of aryl methyl sites for hydroxylation is 1. The Morgan fingerprint density at radius 2 is 1.72 bits per heavy atom. The molecule has 0 saturated carbocycles. The van der Waals surface area contributed by atoms with E-state index in [2.05, 4.69) is 5.10 Å². The van der Waals surface area contributed by atoms with E-state index in [1.54, 1.807) is 31.3 Å². The summed E-state index contributed by atoms with van der Waals surface area (Å²) < 4.78 is 1.12. The van der Waals surface area contributed by atoms with Crippen molar-refractivity contribution in [1.29, 1.82) is 0 Å². The van der Waals surface area contributed by atoms with Gasteiger partial charge in [-0.05, 0) is 18.2 Å². The van der Waals surface area contributed by atoms with Crippen molar-refractivity contribution in [3.8, 4) is 0 Å². The molecule has 2 aromatic carbocycles. The molecular weight excluding hydrogens is 324 g/mol. The number of benzene rings is 2. The van der Waals surface area contributed by atoms with Gasteiger partial charge in [-0.1, -0.05) is 18.2 Å². The third-order valence-corrected chi connectivity index (χ3v) is 3.91. The van der Waals surface area contributed by atoms with Crippen LogP contribution in [0.15, 0.2) is 53.3 Å². The van der Waals surface area contributed by atoms with Crippen LogP contribution in [0.2, 0.25) is 0 Å². The average molecular weight is 338 g/mol. The lowest BCUT2D eigenvalue weighted by Gasteiger charge is -2.18. The smallest absolute Gasteiger partial charge is 0.279 e. The lowest BCUT2D eigenvalue weighted by molar-refractivity contribution is -0.384. The Morgan fingerprint density at radius 3 is 2.32 bits per heavy atom. The molecule has 0 N–H and O–H groups in total. The molecule has 8 heteroatoms. The topological polar surface area (TPSA) is 98.3 Å². The van der Waals surface area contributed by atoms with Gasteiger partial charge in [-0.25, -0.2) is 4.68 Å². The minimum absolute atomic E-state index is 0.0599. The van der Waals surface area contributed by atoms with Crippen molar-refractivity contribution in [3.63, 3.8) is 0 Å². The molecule has 3 aromatic rings. The van der Waals surface area contributed by atoms with Crippen molar-refractivity contribution in [2.45, 2.75) is 0 Å². The number of non-ortho nitro benzene ring substituents is 1. The van der Waals surface area contributed by atoms with Crippen LogP contribution in [-0.4, -0.2) is 27.7 Å². The summed E-state index contributed by atoms with van der Waals surface area (Å²) >= 11 is 0. The zero-order chi connectivity index (χ0) is 18.1. The Labute approximate surface area is 142 Å². The van der Waals surface area contributed by atoms with Crippen molar-refractivity contribution in [2.75, 3.05) is 11.9 Å². The molecule has 0 bridgehead atoms. The number of amides is 1.